The summed E-state index contributed by atoms with van der Waals surface area (Å²) in [5.74, 6) is -0.359. The van der Waals surface area contributed by atoms with E-state index in [1.807, 2.05) is 62.4 Å². The predicted octanol–water partition coefficient (Wildman–Crippen LogP) is 5.13. The van der Waals surface area contributed by atoms with Crippen LogP contribution in [0.2, 0.25) is 0 Å². The molecule has 1 amide bonds. The average molecular weight is 454 g/mol. The van der Waals surface area contributed by atoms with Crippen molar-refractivity contribution < 1.29 is 4.79 Å². The lowest BCUT2D eigenvalue weighted by Gasteiger charge is -2.20. The molecule has 0 bridgehead atoms. The van der Waals surface area contributed by atoms with Crippen molar-refractivity contribution >= 4 is 39.8 Å². The van der Waals surface area contributed by atoms with Crippen LogP contribution in [0.15, 0.2) is 76.3 Å². The molecule has 3 aromatic rings. The van der Waals surface area contributed by atoms with Gasteiger partial charge in [0.05, 0.1) is 5.57 Å². The summed E-state index contributed by atoms with van der Waals surface area (Å²) >= 11 is 1.32. The fourth-order valence-electron chi connectivity index (χ4n) is 4.05. The van der Waals surface area contributed by atoms with Crippen molar-refractivity contribution in [2.45, 2.75) is 27.3 Å². The van der Waals surface area contributed by atoms with Crippen LogP contribution in [0.1, 0.15) is 33.6 Å². The third-order valence-electron chi connectivity index (χ3n) is 5.93. The highest BCUT2D eigenvalue weighted by Gasteiger charge is 2.36. The number of nitrogens with one attached hydrogen (secondary N) is 1. The predicted molar refractivity (Wildman–Crippen MR) is 135 cm³/mol. The third-order valence-corrected chi connectivity index (χ3v) is 6.87. The van der Waals surface area contributed by atoms with Gasteiger partial charge in [0.1, 0.15) is 5.04 Å². The van der Waals surface area contributed by atoms with E-state index in [0.29, 0.717) is 5.17 Å². The monoisotopic (exact) mass is 453 g/mol. The Morgan fingerprint density at radius 1 is 1.03 bits per heavy atom. The first-order chi connectivity index (χ1) is 15.9. The Morgan fingerprint density at radius 2 is 1.76 bits per heavy atom. The van der Waals surface area contributed by atoms with E-state index in [-0.39, 0.29) is 11.4 Å². The van der Waals surface area contributed by atoms with Crippen LogP contribution in [0, 0.1) is 26.2 Å². The maximum atomic E-state index is 12.9. The number of thioether (sulfide) groups is 1. The van der Waals surface area contributed by atoms with Gasteiger partial charge in [-0.15, -0.1) is 0 Å². The number of rotatable bonds is 4. The normalized spacial score (nSPS) is 16.8. The van der Waals surface area contributed by atoms with Crippen LogP contribution in [0.25, 0.3) is 6.08 Å². The molecule has 0 atom stereocenters. The topological polar surface area (TPSA) is 73.8 Å². The van der Waals surface area contributed by atoms with E-state index in [2.05, 4.69) is 33.7 Å². The molecule has 0 saturated heterocycles. The zero-order chi connectivity index (χ0) is 23.1. The Kier molecular flexibility index (Phi) is 5.34. The van der Waals surface area contributed by atoms with Gasteiger partial charge in [0.25, 0.3) is 5.91 Å². The first kappa shape index (κ1) is 21.2. The van der Waals surface area contributed by atoms with E-state index in [1.165, 1.54) is 22.3 Å². The molecule has 1 aromatic heterocycles. The lowest BCUT2D eigenvalue weighted by atomic mass is 10.1. The highest BCUT2D eigenvalue weighted by Crippen LogP contribution is 2.32. The molecular weight excluding hydrogens is 430 g/mol. The van der Waals surface area contributed by atoms with Gasteiger partial charge >= 0.3 is 0 Å². The second-order valence-corrected chi connectivity index (χ2v) is 9.09. The number of amidine groups is 2. The molecule has 1 N–H and O–H groups in total. The molecule has 33 heavy (non-hydrogen) atoms. The fourth-order valence-corrected chi connectivity index (χ4v) is 5.03. The average Bonchev–Trinajstić information content (AvgIpc) is 3.34. The standard InChI is InChI=1S/C26H23N5OS/c1-16-9-7-8-12-21(16)25-29-31-23(27)22(24(32)28-26(31)33-25)14-20-13-17(2)30(18(20)3)15-19-10-5-4-6-11-19/h4-14,27H,15H2,1-3H3/b22-14+,27-23?. The maximum Gasteiger partial charge on any atom is 0.283 e. The van der Waals surface area contributed by atoms with Crippen LogP contribution in [0.3, 0.4) is 0 Å². The van der Waals surface area contributed by atoms with Gasteiger partial charge in [0.15, 0.2) is 5.84 Å². The zero-order valence-corrected chi connectivity index (χ0v) is 19.5. The number of aliphatic imine (C=N–C) groups is 1. The van der Waals surface area contributed by atoms with Gasteiger partial charge in [-0.3, -0.25) is 10.2 Å². The van der Waals surface area contributed by atoms with Crippen molar-refractivity contribution in [2.75, 3.05) is 0 Å². The highest BCUT2D eigenvalue weighted by molar-refractivity contribution is 8.27. The van der Waals surface area contributed by atoms with Gasteiger partial charge in [-0.05, 0) is 61.4 Å². The van der Waals surface area contributed by atoms with Crippen LogP contribution in [0.4, 0.5) is 0 Å². The van der Waals surface area contributed by atoms with Crippen LogP contribution in [-0.4, -0.2) is 31.5 Å². The Bertz CT molecular complexity index is 1380. The summed E-state index contributed by atoms with van der Waals surface area (Å²) in [6.07, 6.45) is 1.76. The van der Waals surface area contributed by atoms with Crippen LogP contribution in [-0.2, 0) is 11.3 Å². The number of benzene rings is 2. The minimum Gasteiger partial charge on any atom is -0.344 e. The molecule has 0 spiro atoms. The second kappa shape index (κ2) is 8.33. The van der Waals surface area contributed by atoms with Crippen LogP contribution >= 0.6 is 11.8 Å². The fraction of sp³-hybridized carbons (Fsp3) is 0.154. The second-order valence-electron chi connectivity index (χ2n) is 8.14. The number of carbonyl (C=O) groups is 1. The smallest absolute Gasteiger partial charge is 0.283 e. The van der Waals surface area contributed by atoms with E-state index in [9.17, 15) is 4.79 Å². The largest absolute Gasteiger partial charge is 0.344 e. The SMILES string of the molecule is Cc1ccccc1C1=NN2C(=N)/C(=C\c3cc(C)n(Cc4ccccc4)c3C)C(=O)N=C2S1. The molecule has 6 nitrogen and oxygen atoms in total. The van der Waals surface area contributed by atoms with Gasteiger partial charge in [-0.2, -0.15) is 15.1 Å². The Balaban J connectivity index is 1.47. The summed E-state index contributed by atoms with van der Waals surface area (Å²) in [6.45, 7) is 6.86. The van der Waals surface area contributed by atoms with Crippen LogP contribution in [0.5, 0.6) is 0 Å². The van der Waals surface area contributed by atoms with Crippen molar-refractivity contribution in [1.82, 2.24) is 9.58 Å². The molecule has 0 unspecified atom stereocenters. The number of amides is 1. The van der Waals surface area contributed by atoms with Crippen molar-refractivity contribution in [3.63, 3.8) is 0 Å². The number of aromatic nitrogens is 1. The van der Waals surface area contributed by atoms with Crippen molar-refractivity contribution in [2.24, 2.45) is 10.1 Å². The first-order valence-corrected chi connectivity index (χ1v) is 11.5. The van der Waals surface area contributed by atoms with Gasteiger partial charge in [0, 0.05) is 23.5 Å². The lowest BCUT2D eigenvalue weighted by Crippen LogP contribution is -2.35. The molecular formula is C26H23N5OS. The number of fused-ring (bicyclic) bond motifs is 1. The summed E-state index contributed by atoms with van der Waals surface area (Å²) in [5, 5.41) is 15.9. The quantitative estimate of drug-likeness (QED) is 0.557. The molecule has 2 aliphatic rings. The number of hydrazone groups is 1. The summed E-state index contributed by atoms with van der Waals surface area (Å²) in [7, 11) is 0. The summed E-state index contributed by atoms with van der Waals surface area (Å²) in [4.78, 5) is 17.1. The molecule has 164 valence electrons. The van der Waals surface area contributed by atoms with E-state index in [4.69, 9.17) is 5.41 Å². The Hall–Kier alpha value is -3.71. The molecule has 2 aliphatic heterocycles. The van der Waals surface area contributed by atoms with E-state index < -0.39 is 5.91 Å². The van der Waals surface area contributed by atoms with Crippen molar-refractivity contribution in [3.05, 3.63) is 99.9 Å². The van der Waals surface area contributed by atoms with E-state index in [0.717, 1.165) is 39.7 Å². The molecule has 2 aromatic carbocycles. The summed E-state index contributed by atoms with van der Waals surface area (Å²) < 4.78 is 2.22. The van der Waals surface area contributed by atoms with E-state index >= 15 is 0 Å². The lowest BCUT2D eigenvalue weighted by molar-refractivity contribution is -0.114. The Morgan fingerprint density at radius 3 is 2.52 bits per heavy atom. The molecule has 5 rings (SSSR count). The summed E-state index contributed by atoms with van der Waals surface area (Å²) in [6, 6.07) is 20.3. The highest BCUT2D eigenvalue weighted by atomic mass is 32.2. The van der Waals surface area contributed by atoms with Gasteiger partial charge < -0.3 is 4.57 Å². The zero-order valence-electron chi connectivity index (χ0n) is 18.7. The van der Waals surface area contributed by atoms with Gasteiger partial charge in [0.2, 0.25) is 5.17 Å². The number of carbonyl (C=O) groups excluding carboxylic acids is 1. The number of nitrogens with zero attached hydrogens (tertiary/aromatic N) is 4. The molecule has 0 saturated carbocycles. The minimum atomic E-state index is -0.409. The number of hydrogen-bond donors (Lipinski definition) is 1. The molecule has 7 heteroatoms. The Labute approximate surface area is 196 Å². The number of aryl methyl sites for hydroxylation is 2. The van der Waals surface area contributed by atoms with Crippen LogP contribution < -0.4 is 0 Å². The molecule has 3 heterocycles. The molecule has 0 aliphatic carbocycles. The van der Waals surface area contributed by atoms with Crippen molar-refractivity contribution in [3.8, 4) is 0 Å². The summed E-state index contributed by atoms with van der Waals surface area (Å²) in [5.41, 5.74) is 6.57. The molecule has 0 radical (unpaired) electrons. The molecule has 0 fully saturated rings. The number of hydrogen-bond acceptors (Lipinski definition) is 4. The third kappa shape index (κ3) is 3.85. The first-order valence-electron chi connectivity index (χ1n) is 10.7. The van der Waals surface area contributed by atoms with Crippen molar-refractivity contribution in [1.29, 1.82) is 5.41 Å². The van der Waals surface area contributed by atoms with E-state index in [1.54, 1.807) is 6.08 Å². The van der Waals surface area contributed by atoms with Gasteiger partial charge in [-0.25, -0.2) is 0 Å². The minimum absolute atomic E-state index is 0.0500. The maximum absolute atomic E-state index is 12.9. The van der Waals surface area contributed by atoms with Gasteiger partial charge in [-0.1, -0.05) is 54.6 Å².